The molecule has 8 nitrogen and oxygen atoms in total. The van der Waals surface area contributed by atoms with E-state index in [1.165, 1.54) is 0 Å². The summed E-state index contributed by atoms with van der Waals surface area (Å²) in [6.45, 7) is 2.53. The maximum absolute atomic E-state index is 11.4. The van der Waals surface area contributed by atoms with Gasteiger partial charge < -0.3 is 33.3 Å². The second-order valence-corrected chi connectivity index (χ2v) is 5.29. The number of nitrogens with two attached hydrogens (primary N) is 1. The van der Waals surface area contributed by atoms with Gasteiger partial charge >= 0.3 is 12.1 Å². The number of aromatic amines is 1. The monoisotopic (exact) mass is 380 g/mol. The van der Waals surface area contributed by atoms with Crippen molar-refractivity contribution in [3.63, 3.8) is 0 Å². The fourth-order valence-electron chi connectivity index (χ4n) is 2.15. The van der Waals surface area contributed by atoms with Gasteiger partial charge in [0.2, 0.25) is 11.6 Å². The van der Waals surface area contributed by atoms with Gasteiger partial charge in [-0.15, -0.1) is 0 Å². The Kier molecular flexibility index (Phi) is 8.17. The summed E-state index contributed by atoms with van der Waals surface area (Å²) in [5, 5.41) is 14.5. The molecule has 1 aromatic carbocycles. The molecule has 1 amide bonds. The molecular weight excluding hydrogens is 360 g/mol. The van der Waals surface area contributed by atoms with E-state index in [4.69, 9.17) is 15.6 Å². The summed E-state index contributed by atoms with van der Waals surface area (Å²) in [5.41, 5.74) is 8.06. The zero-order chi connectivity index (χ0) is 18.2. The van der Waals surface area contributed by atoms with Crippen LogP contribution in [0.25, 0.3) is 0 Å². The molecule has 6 N–H and O–H groups in total. The van der Waals surface area contributed by atoms with Crippen molar-refractivity contribution in [2.45, 2.75) is 19.9 Å². The number of hydrogen-bond acceptors (Lipinski definition) is 5. The molecular formula is C17H21ClN4O4. The predicted octanol–water partition coefficient (Wildman–Crippen LogP) is -1.11. The van der Waals surface area contributed by atoms with Crippen molar-refractivity contribution in [1.82, 2.24) is 0 Å². The van der Waals surface area contributed by atoms with E-state index in [9.17, 15) is 9.59 Å². The van der Waals surface area contributed by atoms with Gasteiger partial charge in [-0.1, -0.05) is 24.3 Å². The van der Waals surface area contributed by atoms with Crippen molar-refractivity contribution < 1.29 is 36.8 Å². The molecule has 0 aliphatic rings. The molecule has 0 aliphatic carbocycles. The summed E-state index contributed by atoms with van der Waals surface area (Å²) in [6, 6.07) is 10.7. The van der Waals surface area contributed by atoms with Gasteiger partial charge in [0, 0.05) is 6.07 Å². The zero-order valence-corrected chi connectivity index (χ0v) is 15.0. The molecule has 0 radical (unpaired) electrons. The topological polar surface area (TPSA) is 128 Å². The summed E-state index contributed by atoms with van der Waals surface area (Å²) in [7, 11) is 0. The lowest BCUT2D eigenvalue weighted by atomic mass is 10.1. The summed E-state index contributed by atoms with van der Waals surface area (Å²) in [4.78, 5) is 25.0. The minimum absolute atomic E-state index is 0. The van der Waals surface area contributed by atoms with E-state index in [1.807, 2.05) is 12.1 Å². The fraction of sp³-hybridized carbons (Fsp3) is 0.235. The lowest BCUT2D eigenvalue weighted by Crippen LogP contribution is -3.00. The minimum Gasteiger partial charge on any atom is -1.00 e. The van der Waals surface area contributed by atoms with Gasteiger partial charge in [-0.05, 0) is 24.1 Å². The normalized spacial score (nSPS) is 9.73. The second-order valence-electron chi connectivity index (χ2n) is 5.29. The Labute approximate surface area is 157 Å². The number of aromatic nitrogens is 1. The van der Waals surface area contributed by atoms with Gasteiger partial charge in [0.15, 0.2) is 0 Å². The highest BCUT2D eigenvalue weighted by Crippen LogP contribution is 2.15. The third-order valence-electron chi connectivity index (χ3n) is 3.35. The van der Waals surface area contributed by atoms with Crippen molar-refractivity contribution in [2.75, 3.05) is 23.0 Å². The number of benzene rings is 1. The maximum Gasteiger partial charge on any atom is 0.411 e. The van der Waals surface area contributed by atoms with Crippen LogP contribution in [0.1, 0.15) is 18.1 Å². The highest BCUT2D eigenvalue weighted by atomic mass is 35.5. The van der Waals surface area contributed by atoms with Crippen molar-refractivity contribution >= 4 is 29.4 Å². The highest BCUT2D eigenvalue weighted by molar-refractivity contribution is 5.87. The van der Waals surface area contributed by atoms with Crippen LogP contribution in [-0.4, -0.2) is 23.8 Å². The van der Waals surface area contributed by atoms with Gasteiger partial charge in [0.05, 0.1) is 19.6 Å². The molecule has 140 valence electrons. The molecule has 0 atom stereocenters. The van der Waals surface area contributed by atoms with Crippen molar-refractivity contribution in [3.05, 3.63) is 47.5 Å². The number of halogens is 1. The van der Waals surface area contributed by atoms with E-state index in [-0.39, 0.29) is 25.4 Å². The standard InChI is InChI=1S/C17H20N4O4.ClH/c1-2-25-17(24)20-13-7-8-14(21-16(13)18)19-10-12-5-3-11(4-6-12)9-15(22)23;/h3-8H,2,9-10H2,1H3,(H,20,24)(H,22,23)(H3,18,19,21);1H. The zero-order valence-electron chi connectivity index (χ0n) is 14.2. The molecule has 2 aromatic rings. The Bertz CT molecular complexity index is 753. The number of pyridine rings is 1. The summed E-state index contributed by atoms with van der Waals surface area (Å²) in [5.74, 6) is 0.129. The SMILES string of the molecule is CCOC(=O)Nc1ccc(NCc2ccc(CC(=O)O)cc2)[nH+]c1N.[Cl-]. The van der Waals surface area contributed by atoms with E-state index in [1.54, 1.807) is 31.2 Å². The van der Waals surface area contributed by atoms with Gasteiger partial charge in [-0.2, -0.15) is 0 Å². The Hall–Kier alpha value is -3.00. The van der Waals surface area contributed by atoms with E-state index in [0.29, 0.717) is 23.9 Å². The number of hydrogen-bond donors (Lipinski definition) is 4. The lowest BCUT2D eigenvalue weighted by molar-refractivity contribution is -0.342. The van der Waals surface area contributed by atoms with Gasteiger partial charge in [-0.25, -0.2) is 9.78 Å². The van der Waals surface area contributed by atoms with Crippen molar-refractivity contribution in [2.24, 2.45) is 0 Å². The first kappa shape index (κ1) is 21.0. The third-order valence-corrected chi connectivity index (χ3v) is 3.35. The minimum atomic E-state index is -0.854. The number of carboxylic acid groups (broad SMARTS) is 1. The molecule has 0 saturated carbocycles. The van der Waals surface area contributed by atoms with Crippen LogP contribution in [0.5, 0.6) is 0 Å². The number of ether oxygens (including phenoxy) is 1. The number of carbonyl (C=O) groups excluding carboxylic acids is 1. The van der Waals surface area contributed by atoms with Crippen LogP contribution in [-0.2, 0) is 22.5 Å². The molecule has 9 heteroatoms. The molecule has 2 rings (SSSR count). The van der Waals surface area contributed by atoms with E-state index >= 15 is 0 Å². The number of aliphatic carboxylic acids is 1. The summed E-state index contributed by atoms with van der Waals surface area (Å²) < 4.78 is 4.80. The quantitative estimate of drug-likeness (QED) is 0.482. The van der Waals surface area contributed by atoms with Crippen LogP contribution in [0.2, 0.25) is 0 Å². The van der Waals surface area contributed by atoms with Gasteiger partial charge in [-0.3, -0.25) is 10.1 Å². The number of nitrogens with one attached hydrogen (secondary N) is 3. The number of rotatable bonds is 7. The number of H-pyrrole nitrogens is 1. The van der Waals surface area contributed by atoms with Crippen LogP contribution in [0.4, 0.5) is 22.1 Å². The average molecular weight is 381 g/mol. The summed E-state index contributed by atoms with van der Waals surface area (Å²) >= 11 is 0. The third kappa shape index (κ3) is 6.48. The van der Waals surface area contributed by atoms with Crippen LogP contribution in [0.15, 0.2) is 36.4 Å². The van der Waals surface area contributed by atoms with Crippen molar-refractivity contribution in [1.29, 1.82) is 0 Å². The van der Waals surface area contributed by atoms with Crippen LogP contribution in [0, 0.1) is 0 Å². The molecule has 1 aromatic heterocycles. The molecule has 0 saturated heterocycles. The lowest BCUT2D eigenvalue weighted by Gasteiger charge is -2.07. The first-order valence-electron chi connectivity index (χ1n) is 7.77. The van der Waals surface area contributed by atoms with Gasteiger partial charge in [0.25, 0.3) is 0 Å². The Morgan fingerprint density at radius 2 is 1.81 bits per heavy atom. The highest BCUT2D eigenvalue weighted by Gasteiger charge is 2.10. The Balaban J connectivity index is 0.00000338. The number of nitrogen functional groups attached to an aromatic ring is 1. The second kappa shape index (κ2) is 10.1. The molecule has 26 heavy (non-hydrogen) atoms. The number of carboxylic acids is 1. The average Bonchev–Trinajstić information content (AvgIpc) is 2.56. The van der Waals surface area contributed by atoms with Crippen LogP contribution >= 0.6 is 0 Å². The van der Waals surface area contributed by atoms with Crippen LogP contribution in [0.3, 0.4) is 0 Å². The molecule has 0 bridgehead atoms. The van der Waals surface area contributed by atoms with Crippen molar-refractivity contribution in [3.8, 4) is 0 Å². The number of amides is 1. The molecule has 0 aliphatic heterocycles. The fourth-order valence-corrected chi connectivity index (χ4v) is 2.15. The molecule has 0 fully saturated rings. The first-order chi connectivity index (χ1) is 12.0. The smallest absolute Gasteiger partial charge is 0.411 e. The van der Waals surface area contributed by atoms with E-state index in [0.717, 1.165) is 11.1 Å². The number of carbonyl (C=O) groups is 2. The summed E-state index contributed by atoms with van der Waals surface area (Å²) in [6.07, 6.45) is -0.558. The Morgan fingerprint density at radius 3 is 2.38 bits per heavy atom. The van der Waals surface area contributed by atoms with E-state index < -0.39 is 12.1 Å². The largest absolute Gasteiger partial charge is 1.00 e. The van der Waals surface area contributed by atoms with Gasteiger partial charge in [0.1, 0.15) is 5.69 Å². The van der Waals surface area contributed by atoms with E-state index in [2.05, 4.69) is 15.6 Å². The molecule has 0 spiro atoms. The first-order valence-corrected chi connectivity index (χ1v) is 7.77. The maximum atomic E-state index is 11.4. The Morgan fingerprint density at radius 1 is 1.15 bits per heavy atom. The molecule has 1 heterocycles. The molecule has 0 unspecified atom stereocenters. The number of anilines is 3. The predicted molar refractivity (Wildman–Crippen MR) is 93.2 cm³/mol. The van der Waals surface area contributed by atoms with Crippen LogP contribution < -0.4 is 33.8 Å².